The monoisotopic (exact) mass is 506 g/mol. The summed E-state index contributed by atoms with van der Waals surface area (Å²) < 4.78 is 34.0. The van der Waals surface area contributed by atoms with E-state index in [0.29, 0.717) is 5.56 Å². The Hall–Kier alpha value is -3.75. The van der Waals surface area contributed by atoms with Gasteiger partial charge in [-0.2, -0.15) is 4.72 Å². The van der Waals surface area contributed by atoms with Crippen molar-refractivity contribution in [3.8, 4) is 0 Å². The number of hydrogen-bond acceptors (Lipinski definition) is 5. The molecule has 0 bridgehead atoms. The molecule has 0 heterocycles. The van der Waals surface area contributed by atoms with Crippen LogP contribution in [0.25, 0.3) is 0 Å². The van der Waals surface area contributed by atoms with Crippen molar-refractivity contribution in [2.45, 2.75) is 31.3 Å². The van der Waals surface area contributed by atoms with Crippen LogP contribution in [0, 0.1) is 6.92 Å². The van der Waals surface area contributed by atoms with E-state index >= 15 is 0 Å². The number of nitrogens with zero attached hydrogens (tertiary/aromatic N) is 1. The summed E-state index contributed by atoms with van der Waals surface area (Å²) in [6, 6.07) is 23.5. The molecule has 0 aliphatic heterocycles. The van der Waals surface area contributed by atoms with Gasteiger partial charge in [-0.15, -0.1) is 0 Å². The van der Waals surface area contributed by atoms with Gasteiger partial charge in [0.05, 0.1) is 4.90 Å². The fraction of sp³-hybridized carbons (Fsp3) is 0.214. The highest BCUT2D eigenvalue weighted by atomic mass is 32.2. The fourth-order valence-electron chi connectivity index (χ4n) is 3.50. The van der Waals surface area contributed by atoms with E-state index in [0.717, 1.165) is 11.1 Å². The minimum atomic E-state index is -3.99. The van der Waals surface area contributed by atoms with E-state index in [1.165, 1.54) is 19.1 Å². The average Bonchev–Trinajstić information content (AvgIpc) is 2.87. The highest BCUT2D eigenvalue weighted by molar-refractivity contribution is 7.89. The highest BCUT2D eigenvalue weighted by Gasteiger charge is 2.30. The SMILES string of the molecule is CC(=O)OC/C=C/CN(Cc1ccccc1)C(=O)[C@@H](NS(=O)(=O)c1ccc(C)cc1)c1ccccc1. The van der Waals surface area contributed by atoms with Crippen molar-refractivity contribution in [3.63, 3.8) is 0 Å². The van der Waals surface area contributed by atoms with Crippen molar-refractivity contribution in [1.29, 1.82) is 0 Å². The maximum absolute atomic E-state index is 13.9. The Morgan fingerprint density at radius 1 is 0.917 bits per heavy atom. The van der Waals surface area contributed by atoms with Crippen LogP contribution in [0.5, 0.6) is 0 Å². The number of esters is 1. The lowest BCUT2D eigenvalue weighted by Crippen LogP contribution is -2.42. The van der Waals surface area contributed by atoms with Gasteiger partial charge in [0, 0.05) is 20.0 Å². The molecule has 8 heteroatoms. The minimum Gasteiger partial charge on any atom is -0.462 e. The van der Waals surface area contributed by atoms with Crippen molar-refractivity contribution in [2.24, 2.45) is 0 Å². The molecule has 0 saturated carbocycles. The van der Waals surface area contributed by atoms with Gasteiger partial charge < -0.3 is 9.64 Å². The average molecular weight is 507 g/mol. The van der Waals surface area contributed by atoms with Crippen molar-refractivity contribution in [2.75, 3.05) is 13.2 Å². The molecule has 188 valence electrons. The molecule has 36 heavy (non-hydrogen) atoms. The summed E-state index contributed by atoms with van der Waals surface area (Å²) in [6.07, 6.45) is 3.38. The molecular weight excluding hydrogens is 476 g/mol. The Labute approximate surface area is 212 Å². The van der Waals surface area contributed by atoms with Gasteiger partial charge in [-0.25, -0.2) is 8.42 Å². The lowest BCUT2D eigenvalue weighted by molar-refractivity contribution is -0.139. The van der Waals surface area contributed by atoms with Crippen molar-refractivity contribution in [3.05, 3.63) is 114 Å². The summed E-state index contributed by atoms with van der Waals surface area (Å²) in [4.78, 5) is 26.5. The van der Waals surface area contributed by atoms with Crippen LogP contribution in [0.3, 0.4) is 0 Å². The van der Waals surface area contributed by atoms with Crippen LogP contribution in [0.4, 0.5) is 0 Å². The molecule has 3 rings (SSSR count). The Morgan fingerprint density at radius 2 is 1.53 bits per heavy atom. The number of hydrogen-bond donors (Lipinski definition) is 1. The zero-order chi connectivity index (χ0) is 26.0. The van der Waals surface area contributed by atoms with E-state index in [1.807, 2.05) is 37.3 Å². The first-order valence-corrected chi connectivity index (χ1v) is 13.0. The molecular formula is C28H30N2O5S. The van der Waals surface area contributed by atoms with Crippen LogP contribution in [0.15, 0.2) is 102 Å². The van der Waals surface area contributed by atoms with E-state index in [4.69, 9.17) is 4.74 Å². The minimum absolute atomic E-state index is 0.0812. The lowest BCUT2D eigenvalue weighted by Gasteiger charge is -2.27. The Balaban J connectivity index is 1.92. The lowest BCUT2D eigenvalue weighted by atomic mass is 10.1. The second-order valence-corrected chi connectivity index (χ2v) is 9.97. The van der Waals surface area contributed by atoms with Gasteiger partial charge in [0.1, 0.15) is 12.6 Å². The van der Waals surface area contributed by atoms with Crippen molar-refractivity contribution >= 4 is 21.9 Å². The quantitative estimate of drug-likeness (QED) is 0.311. The summed E-state index contributed by atoms with van der Waals surface area (Å²) >= 11 is 0. The van der Waals surface area contributed by atoms with Crippen LogP contribution >= 0.6 is 0 Å². The summed E-state index contributed by atoms with van der Waals surface area (Å²) in [5, 5.41) is 0. The summed E-state index contributed by atoms with van der Waals surface area (Å²) in [5.74, 6) is -0.801. The first-order valence-electron chi connectivity index (χ1n) is 11.5. The number of carbonyl (C=O) groups excluding carboxylic acids is 2. The number of sulfonamides is 1. The van der Waals surface area contributed by atoms with Crippen LogP contribution < -0.4 is 4.72 Å². The predicted octanol–water partition coefficient (Wildman–Crippen LogP) is 4.16. The summed E-state index contributed by atoms with van der Waals surface area (Å²) in [7, 11) is -3.99. The highest BCUT2D eigenvalue weighted by Crippen LogP contribution is 2.21. The summed E-state index contributed by atoms with van der Waals surface area (Å²) in [6.45, 7) is 3.75. The van der Waals surface area contributed by atoms with Crippen LogP contribution in [0.2, 0.25) is 0 Å². The molecule has 0 aromatic heterocycles. The second-order valence-electron chi connectivity index (χ2n) is 8.26. The maximum Gasteiger partial charge on any atom is 0.302 e. The molecule has 7 nitrogen and oxygen atoms in total. The first kappa shape index (κ1) is 26.8. The number of aryl methyl sites for hydroxylation is 1. The second kappa shape index (κ2) is 12.8. The van der Waals surface area contributed by atoms with E-state index in [-0.39, 0.29) is 24.6 Å². The zero-order valence-electron chi connectivity index (χ0n) is 20.3. The van der Waals surface area contributed by atoms with Crippen molar-refractivity contribution < 1.29 is 22.7 Å². The number of rotatable bonds is 11. The standard InChI is InChI=1S/C28H30N2O5S/c1-22-15-17-26(18-16-22)36(33,34)29-27(25-13-7-4-8-14-25)28(32)30(19-9-10-20-35-23(2)31)21-24-11-5-3-6-12-24/h3-18,27,29H,19-21H2,1-2H3/b10-9+/t27-/m0/s1. The Bertz CT molecular complexity index is 1270. The van der Waals surface area contributed by atoms with E-state index in [2.05, 4.69) is 4.72 Å². The molecule has 0 spiro atoms. The molecule has 0 unspecified atom stereocenters. The topological polar surface area (TPSA) is 92.8 Å². The van der Waals surface area contributed by atoms with Crippen LogP contribution in [-0.4, -0.2) is 38.3 Å². The Kier molecular flexibility index (Phi) is 9.55. The number of nitrogens with one attached hydrogen (secondary N) is 1. The molecule has 0 saturated heterocycles. The van der Waals surface area contributed by atoms with E-state index < -0.39 is 27.9 Å². The normalized spacial score (nSPS) is 12.3. The number of benzene rings is 3. The molecule has 0 aliphatic rings. The largest absolute Gasteiger partial charge is 0.462 e. The molecule has 1 N–H and O–H groups in total. The molecule has 3 aromatic carbocycles. The molecule has 1 amide bonds. The maximum atomic E-state index is 13.9. The third-order valence-electron chi connectivity index (χ3n) is 5.39. The number of carbonyl (C=O) groups is 2. The van der Waals surface area contributed by atoms with Gasteiger partial charge >= 0.3 is 5.97 Å². The Morgan fingerprint density at radius 3 is 2.14 bits per heavy atom. The van der Waals surface area contributed by atoms with Gasteiger partial charge in [-0.05, 0) is 36.3 Å². The first-order chi connectivity index (χ1) is 17.3. The van der Waals surface area contributed by atoms with Crippen LogP contribution in [0.1, 0.15) is 29.7 Å². The van der Waals surface area contributed by atoms with E-state index in [1.54, 1.807) is 59.5 Å². The smallest absolute Gasteiger partial charge is 0.302 e. The van der Waals surface area contributed by atoms with Gasteiger partial charge in [-0.3, -0.25) is 9.59 Å². The summed E-state index contributed by atoms with van der Waals surface area (Å²) in [5.41, 5.74) is 2.35. The predicted molar refractivity (Wildman–Crippen MR) is 138 cm³/mol. The van der Waals surface area contributed by atoms with Crippen LogP contribution in [-0.2, 0) is 30.9 Å². The van der Waals surface area contributed by atoms with Gasteiger partial charge in [-0.1, -0.05) is 84.4 Å². The number of ether oxygens (including phenoxy) is 1. The molecule has 0 aliphatic carbocycles. The fourth-order valence-corrected chi connectivity index (χ4v) is 4.68. The van der Waals surface area contributed by atoms with E-state index in [9.17, 15) is 18.0 Å². The molecule has 0 radical (unpaired) electrons. The molecule has 1 atom stereocenters. The molecule has 0 fully saturated rings. The van der Waals surface area contributed by atoms with Gasteiger partial charge in [0.15, 0.2) is 0 Å². The third-order valence-corrected chi connectivity index (χ3v) is 6.83. The zero-order valence-corrected chi connectivity index (χ0v) is 21.1. The number of amides is 1. The van der Waals surface area contributed by atoms with Gasteiger partial charge in [0.25, 0.3) is 0 Å². The third kappa shape index (κ3) is 7.90. The molecule has 3 aromatic rings. The van der Waals surface area contributed by atoms with Crippen molar-refractivity contribution in [1.82, 2.24) is 9.62 Å². The van der Waals surface area contributed by atoms with Gasteiger partial charge in [0.2, 0.25) is 15.9 Å².